The third-order valence-corrected chi connectivity index (χ3v) is 8.81. The van der Waals surface area contributed by atoms with Crippen LogP contribution in [0.1, 0.15) is 29.0 Å². The zero-order valence-corrected chi connectivity index (χ0v) is 22.9. The van der Waals surface area contributed by atoms with Crippen molar-refractivity contribution >= 4 is 22.0 Å². The van der Waals surface area contributed by atoms with Crippen molar-refractivity contribution in [3.05, 3.63) is 95.6 Å². The molecule has 5 rings (SSSR count). The molecule has 3 aromatic carbocycles. The summed E-state index contributed by atoms with van der Waals surface area (Å²) < 4.78 is 39.3. The van der Waals surface area contributed by atoms with Crippen molar-refractivity contribution in [2.45, 2.75) is 31.1 Å². The van der Waals surface area contributed by atoms with Crippen molar-refractivity contribution in [1.82, 2.24) is 9.19 Å². The fourth-order valence-corrected chi connectivity index (χ4v) is 6.33. The van der Waals surface area contributed by atoms with E-state index in [1.54, 1.807) is 36.4 Å². The van der Waals surface area contributed by atoms with Crippen molar-refractivity contribution in [2.24, 2.45) is 5.41 Å². The van der Waals surface area contributed by atoms with Crippen molar-refractivity contribution < 1.29 is 27.5 Å². The highest BCUT2D eigenvalue weighted by Crippen LogP contribution is 2.64. The predicted octanol–water partition coefficient (Wildman–Crippen LogP) is 4.89. The lowest BCUT2D eigenvalue weighted by atomic mass is 9.93. The zero-order chi connectivity index (χ0) is 27.9. The summed E-state index contributed by atoms with van der Waals surface area (Å²) in [7, 11) is -1.74. The molecule has 39 heavy (non-hydrogen) atoms. The van der Waals surface area contributed by atoms with E-state index in [0.717, 1.165) is 15.2 Å². The van der Waals surface area contributed by atoms with Gasteiger partial charge in [-0.25, -0.2) is 0 Å². The van der Waals surface area contributed by atoms with Gasteiger partial charge in [-0.1, -0.05) is 77.9 Å². The van der Waals surface area contributed by atoms with Crippen LogP contribution >= 0.6 is 0 Å². The lowest BCUT2D eigenvalue weighted by molar-refractivity contribution is -0.161. The maximum atomic E-state index is 14.1. The van der Waals surface area contributed by atoms with Gasteiger partial charge in [-0.05, 0) is 32.4 Å². The van der Waals surface area contributed by atoms with Crippen molar-refractivity contribution in [3.8, 4) is 22.5 Å². The Labute approximate surface area is 227 Å². The summed E-state index contributed by atoms with van der Waals surface area (Å²) in [5.41, 5.74) is 2.67. The second-order valence-corrected chi connectivity index (χ2v) is 11.5. The van der Waals surface area contributed by atoms with Gasteiger partial charge < -0.3 is 9.47 Å². The fraction of sp³-hybridized carbons (Fsp3) is 0.233. The average molecular weight is 545 g/mol. The third-order valence-electron chi connectivity index (χ3n) is 7.22. The standard InChI is InChI=1S/C30H28N2O6S/c1-19-10-14-21(15-11-19)26-25(24-18-30(24,28(33)37-3)29(34)38-4)27(22-8-6-5-7-9-22)32(31-26)39(35,36)23-16-12-20(2)13-17-23/h5-17,24H,18H2,1-4H3. The number of hydrogen-bond donors (Lipinski definition) is 0. The zero-order valence-electron chi connectivity index (χ0n) is 22.0. The summed E-state index contributed by atoms with van der Waals surface area (Å²) >= 11 is 0. The molecule has 1 fully saturated rings. The highest BCUT2D eigenvalue weighted by Gasteiger charge is 2.70. The molecule has 0 aliphatic heterocycles. The van der Waals surface area contributed by atoms with Gasteiger partial charge in [-0.3, -0.25) is 9.59 Å². The fourth-order valence-electron chi connectivity index (χ4n) is 5.02. The minimum atomic E-state index is -4.17. The summed E-state index contributed by atoms with van der Waals surface area (Å²) in [6, 6.07) is 23.0. The van der Waals surface area contributed by atoms with Gasteiger partial charge in [0.25, 0.3) is 10.0 Å². The van der Waals surface area contributed by atoms with Crippen LogP contribution in [0.3, 0.4) is 0 Å². The van der Waals surface area contributed by atoms with E-state index < -0.39 is 33.3 Å². The lowest BCUT2D eigenvalue weighted by Crippen LogP contribution is -2.30. The maximum Gasteiger partial charge on any atom is 0.323 e. The summed E-state index contributed by atoms with van der Waals surface area (Å²) in [4.78, 5) is 26.1. The SMILES string of the molecule is COC(=O)C1(C(=O)OC)CC1c1c(-c2ccc(C)cc2)nn(S(=O)(=O)c2ccc(C)cc2)c1-c1ccccc1. The first-order valence-corrected chi connectivity index (χ1v) is 13.8. The van der Waals surface area contributed by atoms with E-state index in [2.05, 4.69) is 5.10 Å². The Morgan fingerprint density at radius 3 is 1.90 bits per heavy atom. The lowest BCUT2D eigenvalue weighted by Gasteiger charge is -2.15. The molecule has 0 amide bonds. The molecule has 1 aliphatic rings. The monoisotopic (exact) mass is 544 g/mol. The minimum Gasteiger partial charge on any atom is -0.468 e. The van der Waals surface area contributed by atoms with E-state index in [1.165, 1.54) is 26.4 Å². The molecule has 8 nitrogen and oxygen atoms in total. The Balaban J connectivity index is 1.85. The number of nitrogens with zero attached hydrogens (tertiary/aromatic N) is 2. The Hall–Kier alpha value is -4.24. The van der Waals surface area contributed by atoms with Crippen LogP contribution in [0.25, 0.3) is 22.5 Å². The number of carbonyl (C=O) groups is 2. The number of hydrogen-bond acceptors (Lipinski definition) is 7. The first-order valence-electron chi connectivity index (χ1n) is 12.4. The minimum absolute atomic E-state index is 0.0674. The molecule has 1 unspecified atom stereocenters. The molecular weight excluding hydrogens is 516 g/mol. The molecule has 0 N–H and O–H groups in total. The molecular formula is C30H28N2O6S. The number of esters is 2. The largest absolute Gasteiger partial charge is 0.468 e. The maximum absolute atomic E-state index is 14.1. The predicted molar refractivity (Wildman–Crippen MR) is 145 cm³/mol. The molecule has 1 saturated carbocycles. The van der Waals surface area contributed by atoms with Crippen LogP contribution < -0.4 is 0 Å². The van der Waals surface area contributed by atoms with Gasteiger partial charge >= 0.3 is 11.9 Å². The first kappa shape index (κ1) is 26.4. The number of aromatic nitrogens is 2. The number of carbonyl (C=O) groups excluding carboxylic acids is 2. The van der Waals surface area contributed by atoms with Crippen molar-refractivity contribution in [1.29, 1.82) is 0 Å². The van der Waals surface area contributed by atoms with E-state index >= 15 is 0 Å². The van der Waals surface area contributed by atoms with Gasteiger partial charge in [0.15, 0.2) is 5.41 Å². The molecule has 1 aromatic heterocycles. The second kappa shape index (κ2) is 9.81. The smallest absolute Gasteiger partial charge is 0.323 e. The molecule has 0 bridgehead atoms. The average Bonchev–Trinajstić information content (AvgIpc) is 3.57. The summed E-state index contributed by atoms with van der Waals surface area (Å²) in [6.07, 6.45) is 0.0985. The molecule has 1 aliphatic carbocycles. The number of ether oxygens (including phenoxy) is 2. The summed E-state index contributed by atoms with van der Waals surface area (Å²) in [5, 5.41) is 4.68. The van der Waals surface area contributed by atoms with Gasteiger partial charge in [0.05, 0.1) is 30.5 Å². The van der Waals surface area contributed by atoms with Crippen molar-refractivity contribution in [3.63, 3.8) is 0 Å². The number of aryl methyl sites for hydroxylation is 2. The molecule has 0 spiro atoms. The van der Waals surface area contributed by atoms with Crippen molar-refractivity contribution in [2.75, 3.05) is 14.2 Å². The molecule has 9 heteroatoms. The molecule has 1 heterocycles. The van der Waals surface area contributed by atoms with Gasteiger partial charge in [0, 0.05) is 22.6 Å². The summed E-state index contributed by atoms with van der Waals surface area (Å²) in [6.45, 7) is 3.82. The Morgan fingerprint density at radius 1 is 0.821 bits per heavy atom. The van der Waals surface area contributed by atoms with Crippen LogP contribution in [0.5, 0.6) is 0 Å². The van der Waals surface area contributed by atoms with Crippen LogP contribution in [-0.4, -0.2) is 43.8 Å². The van der Waals surface area contributed by atoms with Gasteiger partial charge in [0.1, 0.15) is 0 Å². The van der Waals surface area contributed by atoms with Crippen LogP contribution in [0.4, 0.5) is 0 Å². The molecule has 4 aromatic rings. The van der Waals surface area contributed by atoms with Crippen LogP contribution in [-0.2, 0) is 29.1 Å². The van der Waals surface area contributed by atoms with Crippen LogP contribution in [0.2, 0.25) is 0 Å². The van der Waals surface area contributed by atoms with E-state index in [4.69, 9.17) is 9.47 Å². The molecule has 1 atom stereocenters. The number of methoxy groups -OCH3 is 2. The normalized spacial score (nSPS) is 15.9. The van der Waals surface area contributed by atoms with E-state index in [9.17, 15) is 18.0 Å². The molecule has 200 valence electrons. The van der Waals surface area contributed by atoms with E-state index in [0.29, 0.717) is 22.4 Å². The number of benzene rings is 3. The quantitative estimate of drug-likeness (QED) is 0.241. The topological polar surface area (TPSA) is 105 Å². The first-order chi connectivity index (χ1) is 18.6. The van der Waals surface area contributed by atoms with E-state index in [1.807, 2.05) is 44.2 Å². The van der Waals surface area contributed by atoms with Gasteiger partial charge in [-0.15, -0.1) is 0 Å². The van der Waals surface area contributed by atoms with Crippen LogP contribution in [0, 0.1) is 19.3 Å². The highest BCUT2D eigenvalue weighted by atomic mass is 32.2. The third kappa shape index (κ3) is 4.32. The summed E-state index contributed by atoms with van der Waals surface area (Å²) in [5.74, 6) is -2.18. The van der Waals surface area contributed by atoms with Crippen LogP contribution in [0.15, 0.2) is 83.8 Å². The Bertz CT molecular complexity index is 1640. The Morgan fingerprint density at radius 2 is 1.36 bits per heavy atom. The Kier molecular flexibility index (Phi) is 6.64. The van der Waals surface area contributed by atoms with E-state index in [-0.39, 0.29) is 17.0 Å². The van der Waals surface area contributed by atoms with Gasteiger partial charge in [0.2, 0.25) is 0 Å². The highest BCUT2D eigenvalue weighted by molar-refractivity contribution is 7.90. The molecule has 0 radical (unpaired) electrons. The second-order valence-electron chi connectivity index (χ2n) is 9.72. The molecule has 0 saturated heterocycles. The van der Waals surface area contributed by atoms with Gasteiger partial charge in [-0.2, -0.15) is 17.6 Å². The number of rotatable bonds is 7.